The maximum absolute atomic E-state index is 10.7. The normalized spacial score (nSPS) is 11.3. The lowest BCUT2D eigenvalue weighted by Crippen LogP contribution is -2.01. The van der Waals surface area contributed by atoms with E-state index in [9.17, 15) is 4.79 Å². The third-order valence-corrected chi connectivity index (χ3v) is 5.38. The van der Waals surface area contributed by atoms with Gasteiger partial charge in [-0.1, -0.05) is 51.1 Å². The van der Waals surface area contributed by atoms with E-state index in [0.717, 1.165) is 12.8 Å². The molecular formula is C13H24Cl2O2Si. The van der Waals surface area contributed by atoms with Crippen LogP contribution in [-0.4, -0.2) is 26.6 Å². The summed E-state index contributed by atoms with van der Waals surface area (Å²) in [6.45, 7) is 3.86. The SMILES string of the molecule is C=CC(=O)OCCCCCCCCC[SiH2]C(Cl)Cl. The second-order valence-electron chi connectivity index (χ2n) is 4.38. The summed E-state index contributed by atoms with van der Waals surface area (Å²) in [6, 6.07) is 1.26. The van der Waals surface area contributed by atoms with Crippen molar-refractivity contribution in [2.45, 2.75) is 55.4 Å². The van der Waals surface area contributed by atoms with Crippen molar-refractivity contribution in [1.82, 2.24) is 0 Å². The zero-order valence-electron chi connectivity index (χ0n) is 11.0. The first-order chi connectivity index (χ1) is 8.66. The quantitative estimate of drug-likeness (QED) is 0.180. The zero-order valence-corrected chi connectivity index (χ0v) is 13.9. The van der Waals surface area contributed by atoms with Crippen LogP contribution in [0.15, 0.2) is 12.7 Å². The topological polar surface area (TPSA) is 26.3 Å². The molecule has 106 valence electrons. The van der Waals surface area contributed by atoms with Crippen LogP contribution in [0.3, 0.4) is 0 Å². The smallest absolute Gasteiger partial charge is 0.330 e. The Morgan fingerprint density at radius 2 is 1.67 bits per heavy atom. The second-order valence-corrected chi connectivity index (χ2v) is 8.79. The summed E-state index contributed by atoms with van der Waals surface area (Å²) in [7, 11) is -0.241. The van der Waals surface area contributed by atoms with Gasteiger partial charge in [0.05, 0.1) is 20.6 Å². The van der Waals surface area contributed by atoms with Crippen LogP contribution in [0.5, 0.6) is 0 Å². The van der Waals surface area contributed by atoms with Gasteiger partial charge in [-0.15, -0.1) is 23.2 Å². The van der Waals surface area contributed by atoms with Gasteiger partial charge in [0.1, 0.15) is 0 Å². The van der Waals surface area contributed by atoms with Crippen molar-refractivity contribution in [3.63, 3.8) is 0 Å². The molecule has 0 aromatic heterocycles. The molecule has 18 heavy (non-hydrogen) atoms. The van der Waals surface area contributed by atoms with Gasteiger partial charge in [-0.25, -0.2) is 4.79 Å². The molecule has 0 unspecified atom stereocenters. The third-order valence-electron chi connectivity index (χ3n) is 2.73. The Bertz CT molecular complexity index is 223. The summed E-state index contributed by atoms with van der Waals surface area (Å²) in [6.07, 6.45) is 9.62. The molecule has 0 aromatic carbocycles. The predicted octanol–water partition coefficient (Wildman–Crippen LogP) is 3.79. The number of halogens is 2. The average Bonchev–Trinajstić information content (AvgIpc) is 2.35. The van der Waals surface area contributed by atoms with Crippen molar-refractivity contribution in [2.75, 3.05) is 6.61 Å². The third kappa shape index (κ3) is 14.1. The van der Waals surface area contributed by atoms with Crippen molar-refractivity contribution in [2.24, 2.45) is 0 Å². The van der Waals surface area contributed by atoms with Gasteiger partial charge in [-0.3, -0.25) is 0 Å². The van der Waals surface area contributed by atoms with E-state index in [0.29, 0.717) is 6.61 Å². The molecular weight excluding hydrogens is 287 g/mol. The molecule has 0 amide bonds. The Labute approximate surface area is 123 Å². The highest BCUT2D eigenvalue weighted by atomic mass is 35.5. The number of hydrogen-bond acceptors (Lipinski definition) is 2. The highest BCUT2D eigenvalue weighted by Gasteiger charge is 1.99. The monoisotopic (exact) mass is 310 g/mol. The Balaban J connectivity index is 3.03. The molecule has 0 aliphatic carbocycles. The number of unbranched alkanes of at least 4 members (excludes halogenated alkanes) is 6. The maximum Gasteiger partial charge on any atom is 0.330 e. The zero-order chi connectivity index (χ0) is 13.6. The summed E-state index contributed by atoms with van der Waals surface area (Å²) in [4.78, 5) is 10.7. The van der Waals surface area contributed by atoms with Crippen LogP contribution in [0, 0.1) is 0 Å². The van der Waals surface area contributed by atoms with Crippen LogP contribution >= 0.6 is 23.2 Å². The lowest BCUT2D eigenvalue weighted by molar-refractivity contribution is -0.137. The molecule has 0 atom stereocenters. The average molecular weight is 311 g/mol. The fourth-order valence-corrected chi connectivity index (χ4v) is 3.57. The van der Waals surface area contributed by atoms with Crippen LogP contribution in [0.4, 0.5) is 0 Å². The minimum Gasteiger partial charge on any atom is -0.463 e. The fourth-order valence-electron chi connectivity index (χ4n) is 1.69. The number of esters is 1. The molecule has 0 spiro atoms. The van der Waals surface area contributed by atoms with Gasteiger partial charge in [0.2, 0.25) is 0 Å². The van der Waals surface area contributed by atoms with Crippen molar-refractivity contribution >= 4 is 38.7 Å². The molecule has 0 aliphatic rings. The van der Waals surface area contributed by atoms with Crippen LogP contribution in [0.1, 0.15) is 44.9 Å². The molecule has 0 heterocycles. The number of alkyl halides is 2. The Hall–Kier alpha value is 0.00688. The first kappa shape index (κ1) is 18.0. The Kier molecular flexibility index (Phi) is 13.4. The first-order valence-electron chi connectivity index (χ1n) is 6.74. The van der Waals surface area contributed by atoms with Crippen molar-refractivity contribution in [3.8, 4) is 0 Å². The van der Waals surface area contributed by atoms with Crippen molar-refractivity contribution < 1.29 is 9.53 Å². The molecule has 0 radical (unpaired) electrons. The summed E-state index contributed by atoms with van der Waals surface area (Å²) in [5.74, 6) is -0.323. The molecule has 0 saturated heterocycles. The molecule has 0 N–H and O–H groups in total. The van der Waals surface area contributed by atoms with Gasteiger partial charge in [0.15, 0.2) is 0 Å². The maximum atomic E-state index is 10.7. The fraction of sp³-hybridized carbons (Fsp3) is 0.769. The molecule has 0 rings (SSSR count). The highest BCUT2D eigenvalue weighted by Crippen LogP contribution is 2.10. The summed E-state index contributed by atoms with van der Waals surface area (Å²) in [5, 5.41) is 0. The predicted molar refractivity (Wildman–Crippen MR) is 82.3 cm³/mol. The number of ether oxygens (including phenoxy) is 1. The highest BCUT2D eigenvalue weighted by molar-refractivity contribution is 6.68. The lowest BCUT2D eigenvalue weighted by atomic mass is 10.1. The van der Waals surface area contributed by atoms with Crippen molar-refractivity contribution in [3.05, 3.63) is 12.7 Å². The number of rotatable bonds is 12. The number of carbonyl (C=O) groups is 1. The Morgan fingerprint density at radius 1 is 1.11 bits per heavy atom. The van der Waals surface area contributed by atoms with Gasteiger partial charge < -0.3 is 4.74 Å². The summed E-state index contributed by atoms with van der Waals surface area (Å²) in [5.41, 5.74) is 0. The minimum absolute atomic E-state index is 0.0664. The van der Waals surface area contributed by atoms with E-state index in [4.69, 9.17) is 27.9 Å². The lowest BCUT2D eigenvalue weighted by Gasteiger charge is -2.03. The number of carbonyl (C=O) groups excluding carboxylic acids is 1. The van der Waals surface area contributed by atoms with Gasteiger partial charge >= 0.3 is 5.97 Å². The first-order valence-corrected chi connectivity index (χ1v) is 9.43. The van der Waals surface area contributed by atoms with E-state index in [1.807, 2.05) is 0 Å². The van der Waals surface area contributed by atoms with E-state index < -0.39 is 0 Å². The van der Waals surface area contributed by atoms with Crippen LogP contribution in [0.2, 0.25) is 6.04 Å². The molecule has 0 aliphatic heterocycles. The van der Waals surface area contributed by atoms with Crippen LogP contribution < -0.4 is 0 Å². The van der Waals surface area contributed by atoms with Gasteiger partial charge in [-0.05, 0) is 6.42 Å². The van der Waals surface area contributed by atoms with Crippen molar-refractivity contribution in [1.29, 1.82) is 0 Å². The van der Waals surface area contributed by atoms with Gasteiger partial charge in [0, 0.05) is 6.08 Å². The van der Waals surface area contributed by atoms with E-state index >= 15 is 0 Å². The van der Waals surface area contributed by atoms with Gasteiger partial charge in [-0.2, -0.15) is 0 Å². The largest absolute Gasteiger partial charge is 0.463 e. The summed E-state index contributed by atoms with van der Waals surface area (Å²) >= 11 is 11.4. The molecule has 2 nitrogen and oxygen atoms in total. The second kappa shape index (κ2) is 13.4. The minimum atomic E-state index is -0.323. The number of hydrogen-bond donors (Lipinski definition) is 0. The Morgan fingerprint density at radius 3 is 2.22 bits per heavy atom. The molecule has 0 saturated carbocycles. The van der Waals surface area contributed by atoms with E-state index in [1.54, 1.807) is 0 Å². The molecule has 0 bridgehead atoms. The molecule has 5 heteroatoms. The summed E-state index contributed by atoms with van der Waals surface area (Å²) < 4.78 is 4.83. The van der Waals surface area contributed by atoms with E-state index in [1.165, 1.54) is 44.2 Å². The standard InChI is InChI=1S/C13H24Cl2O2Si/c1-2-12(16)17-10-8-6-4-3-5-7-9-11-18-13(14)15/h2,13H,1,3-11,18H2. The molecule has 0 aromatic rings. The van der Waals surface area contributed by atoms with Crippen LogP contribution in [-0.2, 0) is 9.53 Å². The van der Waals surface area contributed by atoms with Gasteiger partial charge in [0.25, 0.3) is 0 Å². The molecule has 0 fully saturated rings. The van der Waals surface area contributed by atoms with Crippen LogP contribution in [0.25, 0.3) is 0 Å². The van der Waals surface area contributed by atoms with E-state index in [2.05, 4.69) is 6.58 Å². The van der Waals surface area contributed by atoms with E-state index in [-0.39, 0.29) is 19.9 Å².